The number of nitrogens with zero attached hydrogens (tertiary/aromatic N) is 2. The van der Waals surface area contributed by atoms with Crippen LogP contribution in [0.15, 0.2) is 72.8 Å². The fourth-order valence-corrected chi connectivity index (χ4v) is 4.84. The van der Waals surface area contributed by atoms with Crippen molar-refractivity contribution in [3.05, 3.63) is 105 Å². The van der Waals surface area contributed by atoms with Crippen LogP contribution in [0.1, 0.15) is 61.3 Å². The van der Waals surface area contributed by atoms with E-state index in [0.29, 0.717) is 32.6 Å². The molecule has 236 valence electrons. The lowest BCUT2D eigenvalue weighted by Crippen LogP contribution is -2.26. The van der Waals surface area contributed by atoms with Crippen LogP contribution in [0.4, 0.5) is 13.2 Å². The highest BCUT2D eigenvalue weighted by atomic mass is 35.5. The average molecular weight is 669 g/mol. The molecule has 12 heteroatoms. The largest absolute Gasteiger partial charge is 0.416 e. The summed E-state index contributed by atoms with van der Waals surface area (Å²) in [7, 11) is -1.52. The number of benzene rings is 3. The Morgan fingerprint density at radius 2 is 1.55 bits per heavy atom. The van der Waals surface area contributed by atoms with Crippen molar-refractivity contribution in [3.63, 3.8) is 0 Å². The van der Waals surface area contributed by atoms with Crippen molar-refractivity contribution >= 4 is 45.9 Å². The van der Waals surface area contributed by atoms with Crippen molar-refractivity contribution in [2.75, 3.05) is 6.26 Å². The number of hydrogen-bond acceptors (Lipinski definition) is 4. The van der Waals surface area contributed by atoms with Gasteiger partial charge in [0.05, 0.1) is 28.4 Å². The van der Waals surface area contributed by atoms with Gasteiger partial charge >= 0.3 is 6.18 Å². The Hall–Kier alpha value is -3.47. The molecular weight excluding hydrogens is 634 g/mol. The molecule has 1 aromatic heterocycles. The molecule has 0 spiro atoms. The van der Waals surface area contributed by atoms with Gasteiger partial charge in [-0.05, 0) is 48.4 Å². The van der Waals surface area contributed by atoms with Gasteiger partial charge in [-0.15, -0.1) is 0 Å². The molecular formula is C32H34Cl2F3N3O3S. The SMILES string of the molecule is CC.CC(=O)c1nn(-c2ccccc2Cl)c(-c2ccc(Cl)cc2)c1CC(=O)NS(C)=O.CCCc1ccc(C(F)(F)F)cc1. The van der Waals surface area contributed by atoms with E-state index in [-0.39, 0.29) is 17.9 Å². The molecule has 0 bridgehead atoms. The molecule has 0 radical (unpaired) electrons. The van der Waals surface area contributed by atoms with E-state index in [4.69, 9.17) is 23.2 Å². The third-order valence-electron chi connectivity index (χ3n) is 5.93. The van der Waals surface area contributed by atoms with Crippen LogP contribution in [-0.2, 0) is 34.8 Å². The summed E-state index contributed by atoms with van der Waals surface area (Å²) in [5.41, 5.74) is 2.75. The first kappa shape index (κ1) is 36.7. The predicted molar refractivity (Wildman–Crippen MR) is 172 cm³/mol. The van der Waals surface area contributed by atoms with E-state index in [1.54, 1.807) is 53.2 Å². The first-order valence-corrected chi connectivity index (χ1v) is 16.1. The quantitative estimate of drug-likeness (QED) is 0.191. The number of amides is 1. The third-order valence-corrected chi connectivity index (χ3v) is 7.02. The maximum absolute atomic E-state index is 12.3. The van der Waals surface area contributed by atoms with Crippen LogP contribution in [0.25, 0.3) is 16.9 Å². The first-order chi connectivity index (χ1) is 20.8. The number of para-hydroxylation sites is 1. The highest BCUT2D eigenvalue weighted by Gasteiger charge is 2.30. The van der Waals surface area contributed by atoms with E-state index in [2.05, 4.69) is 9.82 Å². The summed E-state index contributed by atoms with van der Waals surface area (Å²) in [5, 5.41) is 5.45. The van der Waals surface area contributed by atoms with Crippen LogP contribution in [0.2, 0.25) is 10.0 Å². The lowest BCUT2D eigenvalue weighted by molar-refractivity contribution is -0.137. The number of Topliss-reactive ketones (excluding diaryl/α,β-unsaturated/α-hetero) is 1. The van der Waals surface area contributed by atoms with Gasteiger partial charge in [0, 0.05) is 29.3 Å². The molecule has 0 saturated heterocycles. The van der Waals surface area contributed by atoms with Crippen molar-refractivity contribution in [1.29, 1.82) is 0 Å². The third kappa shape index (κ3) is 10.3. The molecule has 0 aliphatic rings. The molecule has 1 unspecified atom stereocenters. The van der Waals surface area contributed by atoms with Gasteiger partial charge < -0.3 is 0 Å². The van der Waals surface area contributed by atoms with Crippen LogP contribution in [0.3, 0.4) is 0 Å². The zero-order valence-corrected chi connectivity index (χ0v) is 27.3. The number of carbonyl (C=O) groups is 2. The van der Waals surface area contributed by atoms with Gasteiger partial charge in [-0.25, -0.2) is 8.89 Å². The second kappa shape index (κ2) is 17.1. The summed E-state index contributed by atoms with van der Waals surface area (Å²) in [6.07, 6.45) is -1.25. The molecule has 6 nitrogen and oxygen atoms in total. The molecule has 0 aliphatic carbocycles. The van der Waals surface area contributed by atoms with Crippen molar-refractivity contribution in [3.8, 4) is 16.9 Å². The molecule has 0 aliphatic heterocycles. The molecule has 1 amide bonds. The smallest absolute Gasteiger partial charge is 0.293 e. The van der Waals surface area contributed by atoms with Crippen molar-refractivity contribution < 1.29 is 27.0 Å². The fraction of sp³-hybridized carbons (Fsp3) is 0.281. The minimum Gasteiger partial charge on any atom is -0.293 e. The molecule has 0 fully saturated rings. The number of halogens is 5. The van der Waals surface area contributed by atoms with Crippen molar-refractivity contribution in [1.82, 2.24) is 14.5 Å². The molecule has 4 aromatic rings. The Balaban J connectivity index is 0.000000376. The number of nitrogens with one attached hydrogen (secondary N) is 1. The number of alkyl halides is 3. The van der Waals surface area contributed by atoms with Gasteiger partial charge in [-0.1, -0.05) is 86.8 Å². The lowest BCUT2D eigenvalue weighted by Gasteiger charge is -2.11. The van der Waals surface area contributed by atoms with Crippen LogP contribution in [0, 0.1) is 0 Å². The summed E-state index contributed by atoms with van der Waals surface area (Å²) >= 11 is 12.4. The van der Waals surface area contributed by atoms with E-state index < -0.39 is 28.6 Å². The van der Waals surface area contributed by atoms with Crippen LogP contribution in [-0.4, -0.2) is 31.9 Å². The predicted octanol–water partition coefficient (Wildman–Crippen LogP) is 8.69. The number of aryl methyl sites for hydroxylation is 1. The Labute approximate surface area is 268 Å². The molecule has 3 aromatic carbocycles. The minimum absolute atomic E-state index is 0.145. The zero-order valence-electron chi connectivity index (χ0n) is 25.0. The standard InChI is InChI=1S/C20H17Cl2N3O3S.C10H11F3.C2H6/c1-12(26)19-15(11-18(27)24-29(2)28)20(13-7-9-14(21)10-8-13)25(23-19)17-6-4-3-5-16(17)22;1-2-3-8-4-6-9(7-5-8)10(11,12)13;1-2/h3-10H,11H2,1-2H3,(H,24,27);4-7H,2-3H2,1H3;1-2H3. The fourth-order valence-electron chi connectivity index (χ4n) is 4.11. The molecule has 1 heterocycles. The van der Waals surface area contributed by atoms with Crippen LogP contribution >= 0.6 is 23.2 Å². The number of rotatable bonds is 8. The summed E-state index contributed by atoms with van der Waals surface area (Å²) in [6, 6.07) is 19.4. The Morgan fingerprint density at radius 1 is 0.955 bits per heavy atom. The van der Waals surface area contributed by atoms with Gasteiger partial charge in [-0.2, -0.15) is 18.3 Å². The average Bonchev–Trinajstić information content (AvgIpc) is 3.33. The normalized spacial score (nSPS) is 11.4. The Morgan fingerprint density at radius 3 is 2.05 bits per heavy atom. The molecule has 4 rings (SSSR count). The second-order valence-corrected chi connectivity index (χ2v) is 11.2. The summed E-state index contributed by atoms with van der Waals surface area (Å²) in [6.45, 7) is 7.38. The molecule has 1 atom stereocenters. The Kier molecular flexibility index (Phi) is 14.3. The lowest BCUT2D eigenvalue weighted by atomic mass is 10.0. The van der Waals surface area contributed by atoms with Crippen LogP contribution < -0.4 is 4.72 Å². The maximum Gasteiger partial charge on any atom is 0.416 e. The number of aromatic nitrogens is 2. The maximum atomic E-state index is 12.3. The molecule has 0 saturated carbocycles. The van der Waals surface area contributed by atoms with Crippen molar-refractivity contribution in [2.24, 2.45) is 0 Å². The van der Waals surface area contributed by atoms with Gasteiger partial charge in [0.15, 0.2) is 5.78 Å². The van der Waals surface area contributed by atoms with Gasteiger partial charge in [0.25, 0.3) is 0 Å². The minimum atomic E-state index is -4.22. The van der Waals surface area contributed by atoms with E-state index in [9.17, 15) is 27.0 Å². The first-order valence-electron chi connectivity index (χ1n) is 13.7. The van der Waals surface area contributed by atoms with Crippen molar-refractivity contribution in [2.45, 2.75) is 53.1 Å². The van der Waals surface area contributed by atoms with Gasteiger partial charge in [0.1, 0.15) is 16.7 Å². The number of hydrogen-bond donors (Lipinski definition) is 1. The van der Waals surface area contributed by atoms with E-state index in [1.807, 2.05) is 20.8 Å². The van der Waals surface area contributed by atoms with E-state index in [0.717, 1.165) is 30.5 Å². The Bertz CT molecular complexity index is 1570. The molecule has 1 N–H and O–H groups in total. The highest BCUT2D eigenvalue weighted by Crippen LogP contribution is 2.33. The zero-order chi connectivity index (χ0) is 33.0. The number of ketones is 1. The monoisotopic (exact) mass is 667 g/mol. The second-order valence-electron chi connectivity index (χ2n) is 9.20. The summed E-state index contributed by atoms with van der Waals surface area (Å²) in [4.78, 5) is 24.7. The van der Waals surface area contributed by atoms with Gasteiger partial charge in [0.2, 0.25) is 5.91 Å². The summed E-state index contributed by atoms with van der Waals surface area (Å²) < 4.78 is 51.6. The summed E-state index contributed by atoms with van der Waals surface area (Å²) in [5.74, 6) is -0.784. The van der Waals surface area contributed by atoms with E-state index >= 15 is 0 Å². The highest BCUT2D eigenvalue weighted by molar-refractivity contribution is 7.82. The number of carbonyl (C=O) groups excluding carboxylic acids is 2. The van der Waals surface area contributed by atoms with Gasteiger partial charge in [-0.3, -0.25) is 14.3 Å². The van der Waals surface area contributed by atoms with E-state index in [1.165, 1.54) is 25.3 Å². The van der Waals surface area contributed by atoms with Crippen LogP contribution in [0.5, 0.6) is 0 Å². The molecule has 44 heavy (non-hydrogen) atoms. The topological polar surface area (TPSA) is 81.1 Å².